The molecule has 4 nitrogen and oxygen atoms in total. The van der Waals surface area contributed by atoms with Crippen LogP contribution in [0, 0.1) is 0 Å². The van der Waals surface area contributed by atoms with E-state index >= 15 is 0 Å². The predicted molar refractivity (Wildman–Crippen MR) is 75.5 cm³/mol. The van der Waals surface area contributed by atoms with Crippen molar-refractivity contribution in [2.45, 2.75) is 12.8 Å². The van der Waals surface area contributed by atoms with Crippen LogP contribution in [0.4, 0.5) is 0 Å². The minimum absolute atomic E-state index is 0.0321. The van der Waals surface area contributed by atoms with Crippen molar-refractivity contribution in [2.24, 2.45) is 0 Å². The average molecular weight is 272 g/mol. The van der Waals surface area contributed by atoms with Crippen molar-refractivity contribution >= 4 is 5.78 Å². The Bertz CT molecular complexity index is 617. The highest BCUT2D eigenvalue weighted by Crippen LogP contribution is 2.31. The van der Waals surface area contributed by atoms with Crippen LogP contribution >= 0.6 is 0 Å². The third-order valence-electron chi connectivity index (χ3n) is 3.25. The molecule has 0 saturated carbocycles. The summed E-state index contributed by atoms with van der Waals surface area (Å²) in [4.78, 5) is 12.4. The SMILES string of the molecule is COc1ccc(C(=O)C(C)c2ccc(O)cc2O)cc1. The molecule has 0 fully saturated rings. The van der Waals surface area contributed by atoms with E-state index in [-0.39, 0.29) is 17.3 Å². The second kappa shape index (κ2) is 5.65. The molecule has 0 radical (unpaired) electrons. The maximum absolute atomic E-state index is 12.4. The fraction of sp³-hybridized carbons (Fsp3) is 0.188. The van der Waals surface area contributed by atoms with Crippen LogP contribution in [0.3, 0.4) is 0 Å². The number of hydrogen-bond acceptors (Lipinski definition) is 4. The van der Waals surface area contributed by atoms with Crippen LogP contribution in [0.25, 0.3) is 0 Å². The Labute approximate surface area is 117 Å². The van der Waals surface area contributed by atoms with E-state index in [1.807, 2.05) is 0 Å². The molecule has 4 heteroatoms. The number of phenols is 2. The van der Waals surface area contributed by atoms with Crippen molar-refractivity contribution in [3.8, 4) is 17.2 Å². The van der Waals surface area contributed by atoms with E-state index in [1.54, 1.807) is 44.4 Å². The largest absolute Gasteiger partial charge is 0.508 e. The second-order valence-corrected chi connectivity index (χ2v) is 4.56. The summed E-state index contributed by atoms with van der Waals surface area (Å²) in [7, 11) is 1.56. The Morgan fingerprint density at radius 1 is 1.10 bits per heavy atom. The zero-order valence-electron chi connectivity index (χ0n) is 11.3. The molecule has 20 heavy (non-hydrogen) atoms. The van der Waals surface area contributed by atoms with E-state index in [0.29, 0.717) is 16.9 Å². The summed E-state index contributed by atoms with van der Waals surface area (Å²) in [6, 6.07) is 11.0. The lowest BCUT2D eigenvalue weighted by molar-refractivity contribution is 0.0964. The highest BCUT2D eigenvalue weighted by molar-refractivity contribution is 6.01. The first-order chi connectivity index (χ1) is 9.52. The van der Waals surface area contributed by atoms with Gasteiger partial charge in [-0.05, 0) is 30.3 Å². The van der Waals surface area contributed by atoms with Crippen LogP contribution in [0.2, 0.25) is 0 Å². The summed E-state index contributed by atoms with van der Waals surface area (Å²) in [5.74, 6) is -0.0333. The average Bonchev–Trinajstić information content (AvgIpc) is 2.46. The van der Waals surface area contributed by atoms with Crippen molar-refractivity contribution in [3.05, 3.63) is 53.6 Å². The van der Waals surface area contributed by atoms with Gasteiger partial charge in [0.15, 0.2) is 5.78 Å². The third kappa shape index (κ3) is 2.74. The lowest BCUT2D eigenvalue weighted by Crippen LogP contribution is -2.09. The number of hydrogen-bond donors (Lipinski definition) is 2. The molecule has 2 rings (SSSR count). The summed E-state index contributed by atoms with van der Waals surface area (Å²) in [5.41, 5.74) is 1.04. The summed E-state index contributed by atoms with van der Waals surface area (Å²) in [6.07, 6.45) is 0. The van der Waals surface area contributed by atoms with E-state index in [0.717, 1.165) is 0 Å². The molecule has 104 valence electrons. The van der Waals surface area contributed by atoms with E-state index in [2.05, 4.69) is 0 Å². The smallest absolute Gasteiger partial charge is 0.170 e. The topological polar surface area (TPSA) is 66.8 Å². The summed E-state index contributed by atoms with van der Waals surface area (Å²) >= 11 is 0. The van der Waals surface area contributed by atoms with Crippen molar-refractivity contribution in [3.63, 3.8) is 0 Å². The summed E-state index contributed by atoms with van der Waals surface area (Å²) in [5, 5.41) is 19.1. The number of phenolic OH excluding ortho intramolecular Hbond substituents is 2. The van der Waals surface area contributed by atoms with E-state index in [9.17, 15) is 15.0 Å². The number of methoxy groups -OCH3 is 1. The number of carbonyl (C=O) groups is 1. The van der Waals surface area contributed by atoms with Gasteiger partial charge < -0.3 is 14.9 Å². The molecule has 0 amide bonds. The minimum Gasteiger partial charge on any atom is -0.508 e. The maximum Gasteiger partial charge on any atom is 0.170 e. The molecule has 0 aliphatic heterocycles. The van der Waals surface area contributed by atoms with Crippen LogP contribution < -0.4 is 4.74 Å². The standard InChI is InChI=1S/C16H16O4/c1-10(14-8-5-12(17)9-15(14)18)16(19)11-3-6-13(20-2)7-4-11/h3-10,17-18H,1-2H3. The molecule has 0 aliphatic carbocycles. The first-order valence-corrected chi connectivity index (χ1v) is 6.23. The molecule has 0 aromatic heterocycles. The van der Waals surface area contributed by atoms with Gasteiger partial charge in [0.25, 0.3) is 0 Å². The molecule has 0 aliphatic rings. The number of rotatable bonds is 4. The Morgan fingerprint density at radius 3 is 2.30 bits per heavy atom. The molecule has 2 N–H and O–H groups in total. The van der Waals surface area contributed by atoms with Gasteiger partial charge in [-0.2, -0.15) is 0 Å². The number of aromatic hydroxyl groups is 2. The van der Waals surface area contributed by atoms with Gasteiger partial charge in [-0.3, -0.25) is 4.79 Å². The molecule has 2 aromatic rings. The molecule has 0 bridgehead atoms. The van der Waals surface area contributed by atoms with Crippen molar-refractivity contribution < 1.29 is 19.7 Å². The van der Waals surface area contributed by atoms with Crippen LogP contribution in [0.5, 0.6) is 17.2 Å². The molecule has 2 aromatic carbocycles. The lowest BCUT2D eigenvalue weighted by atomic mass is 9.91. The highest BCUT2D eigenvalue weighted by Gasteiger charge is 2.20. The quantitative estimate of drug-likeness (QED) is 0.839. The normalized spacial score (nSPS) is 11.9. The number of carbonyl (C=O) groups excluding carboxylic acids is 1. The lowest BCUT2D eigenvalue weighted by Gasteiger charge is -2.13. The van der Waals surface area contributed by atoms with Gasteiger partial charge in [0, 0.05) is 23.1 Å². The minimum atomic E-state index is -0.496. The first-order valence-electron chi connectivity index (χ1n) is 6.23. The van der Waals surface area contributed by atoms with Crippen molar-refractivity contribution in [2.75, 3.05) is 7.11 Å². The fourth-order valence-electron chi connectivity index (χ4n) is 2.04. The van der Waals surface area contributed by atoms with Gasteiger partial charge in [0.05, 0.1) is 7.11 Å². The second-order valence-electron chi connectivity index (χ2n) is 4.56. The monoisotopic (exact) mass is 272 g/mol. The number of ketones is 1. The van der Waals surface area contributed by atoms with Gasteiger partial charge in [0.1, 0.15) is 17.2 Å². The molecule has 1 unspecified atom stereocenters. The van der Waals surface area contributed by atoms with Crippen LogP contribution in [-0.4, -0.2) is 23.1 Å². The first kappa shape index (κ1) is 13.9. The Balaban J connectivity index is 2.27. The van der Waals surface area contributed by atoms with Crippen LogP contribution in [-0.2, 0) is 0 Å². The Kier molecular flexibility index (Phi) is 3.94. The van der Waals surface area contributed by atoms with Gasteiger partial charge in [-0.25, -0.2) is 0 Å². The zero-order valence-corrected chi connectivity index (χ0v) is 11.3. The van der Waals surface area contributed by atoms with Crippen LogP contribution in [0.15, 0.2) is 42.5 Å². The van der Waals surface area contributed by atoms with Crippen molar-refractivity contribution in [1.29, 1.82) is 0 Å². The van der Waals surface area contributed by atoms with Gasteiger partial charge >= 0.3 is 0 Å². The number of ether oxygens (including phenoxy) is 1. The molecule has 0 spiro atoms. The molecule has 1 atom stereocenters. The van der Waals surface area contributed by atoms with E-state index < -0.39 is 5.92 Å². The molecular weight excluding hydrogens is 256 g/mol. The molecule has 0 heterocycles. The molecule has 0 saturated heterocycles. The van der Waals surface area contributed by atoms with E-state index in [1.165, 1.54) is 12.1 Å². The summed E-state index contributed by atoms with van der Waals surface area (Å²) < 4.78 is 5.05. The number of benzene rings is 2. The third-order valence-corrected chi connectivity index (χ3v) is 3.25. The van der Waals surface area contributed by atoms with Gasteiger partial charge in [-0.15, -0.1) is 0 Å². The Hall–Kier alpha value is -2.49. The van der Waals surface area contributed by atoms with Crippen LogP contribution in [0.1, 0.15) is 28.8 Å². The maximum atomic E-state index is 12.4. The van der Waals surface area contributed by atoms with Crippen molar-refractivity contribution in [1.82, 2.24) is 0 Å². The molecular formula is C16H16O4. The Morgan fingerprint density at radius 2 is 1.75 bits per heavy atom. The van der Waals surface area contributed by atoms with E-state index in [4.69, 9.17) is 4.74 Å². The van der Waals surface area contributed by atoms with Gasteiger partial charge in [-0.1, -0.05) is 13.0 Å². The summed E-state index contributed by atoms with van der Waals surface area (Å²) in [6.45, 7) is 1.72. The number of Topliss-reactive ketones (excluding diaryl/α,β-unsaturated/α-hetero) is 1. The zero-order chi connectivity index (χ0) is 14.7. The van der Waals surface area contributed by atoms with Gasteiger partial charge in [0.2, 0.25) is 0 Å². The fourth-order valence-corrected chi connectivity index (χ4v) is 2.04. The highest BCUT2D eigenvalue weighted by atomic mass is 16.5. The predicted octanol–water partition coefficient (Wildman–Crippen LogP) is 3.09.